The molecular weight excluding hydrogens is 370 g/mol. The molecule has 0 bridgehead atoms. The zero-order valence-corrected chi connectivity index (χ0v) is 16.6. The Morgan fingerprint density at radius 1 is 0.929 bits per heavy atom. The Morgan fingerprint density at radius 3 is 2.36 bits per heavy atom. The summed E-state index contributed by atoms with van der Waals surface area (Å²) in [6, 6.07) is 23.9. The molecule has 4 heteroatoms. The highest BCUT2D eigenvalue weighted by Gasteiger charge is 2.11. The summed E-state index contributed by atoms with van der Waals surface area (Å²) < 4.78 is 11.5. The van der Waals surface area contributed by atoms with Gasteiger partial charge >= 0.3 is 0 Å². The number of hydrogen-bond donors (Lipinski definition) is 1. The average Bonchev–Trinajstić information content (AvgIpc) is 2.75. The molecule has 0 amide bonds. The lowest BCUT2D eigenvalue weighted by Crippen LogP contribution is -2.70. The van der Waals surface area contributed by atoms with E-state index < -0.39 is 0 Å². The molecule has 3 aromatic carbocycles. The van der Waals surface area contributed by atoms with Crippen LogP contribution in [0.1, 0.15) is 12.5 Å². The fraction of sp³-hybridized carbons (Fsp3) is 0.125. The summed E-state index contributed by atoms with van der Waals surface area (Å²) in [7, 11) is 1.66. The van der Waals surface area contributed by atoms with Gasteiger partial charge in [0, 0.05) is 22.7 Å². The predicted molar refractivity (Wildman–Crippen MR) is 113 cm³/mol. The minimum Gasteiger partial charge on any atom is -0.497 e. The third-order valence-electron chi connectivity index (χ3n) is 4.74. The molecule has 0 spiro atoms. The second-order valence-corrected chi connectivity index (χ2v) is 7.01. The Bertz CT molecular complexity index is 1180. The second-order valence-electron chi connectivity index (χ2n) is 6.57. The predicted octanol–water partition coefficient (Wildman–Crippen LogP) is 4.64. The minimum absolute atomic E-state index is 0.714. The first-order valence-electron chi connectivity index (χ1n) is 9.23. The number of methoxy groups -OCH3 is 1. The Kier molecular flexibility index (Phi) is 5.18. The number of nitrogens with one attached hydrogen (secondary N) is 1. The van der Waals surface area contributed by atoms with Gasteiger partial charge in [0.15, 0.2) is 0 Å². The molecule has 1 N–H and O–H groups in total. The van der Waals surface area contributed by atoms with Gasteiger partial charge in [-0.1, -0.05) is 24.6 Å². The monoisotopic (exact) mass is 390 g/mol. The highest BCUT2D eigenvalue weighted by atomic mass is 35.5. The summed E-state index contributed by atoms with van der Waals surface area (Å²) >= 11 is 6.03. The molecule has 0 saturated carbocycles. The van der Waals surface area contributed by atoms with Gasteiger partial charge < -0.3 is 9.15 Å². The summed E-state index contributed by atoms with van der Waals surface area (Å²) in [6.45, 7) is 2.15. The fourth-order valence-corrected chi connectivity index (χ4v) is 3.27. The van der Waals surface area contributed by atoms with Crippen LogP contribution in [-0.2, 0) is 6.42 Å². The molecule has 0 aliphatic rings. The lowest BCUT2D eigenvalue weighted by Gasteiger charge is -2.06. The van der Waals surface area contributed by atoms with Crippen LogP contribution in [0.25, 0.3) is 22.3 Å². The van der Waals surface area contributed by atoms with E-state index in [2.05, 4.69) is 24.0 Å². The minimum atomic E-state index is 0.714. The topological polar surface area (TPSA) is 36.3 Å². The van der Waals surface area contributed by atoms with Gasteiger partial charge in [-0.15, -0.1) is 0 Å². The molecule has 0 atom stereocenters. The Labute approximate surface area is 168 Å². The van der Waals surface area contributed by atoms with Crippen LogP contribution >= 0.6 is 11.6 Å². The molecule has 0 unspecified atom stereocenters. The van der Waals surface area contributed by atoms with Gasteiger partial charge in [-0.2, -0.15) is 0 Å². The molecular formula is C24H21ClNO2+. The first-order valence-corrected chi connectivity index (χ1v) is 9.61. The molecule has 0 aliphatic heterocycles. The van der Waals surface area contributed by atoms with Crippen molar-refractivity contribution in [1.82, 2.24) is 0 Å². The third kappa shape index (κ3) is 3.80. The van der Waals surface area contributed by atoms with E-state index in [1.54, 1.807) is 7.11 Å². The largest absolute Gasteiger partial charge is 0.497 e. The molecule has 1 aromatic heterocycles. The van der Waals surface area contributed by atoms with Crippen LogP contribution in [0.2, 0.25) is 5.02 Å². The summed E-state index contributed by atoms with van der Waals surface area (Å²) in [5.74, 6) is 1.60. The zero-order chi connectivity index (χ0) is 19.5. The van der Waals surface area contributed by atoms with Crippen molar-refractivity contribution in [2.45, 2.75) is 13.3 Å². The van der Waals surface area contributed by atoms with Crippen molar-refractivity contribution < 1.29 is 14.1 Å². The van der Waals surface area contributed by atoms with Gasteiger partial charge in [-0.05, 0) is 60.5 Å². The number of rotatable bonds is 4. The third-order valence-corrected chi connectivity index (χ3v) is 4.99. The summed E-state index contributed by atoms with van der Waals surface area (Å²) in [4.78, 5) is 3.51. The quantitative estimate of drug-likeness (QED) is 0.551. The van der Waals surface area contributed by atoms with E-state index in [4.69, 9.17) is 20.8 Å². The maximum absolute atomic E-state index is 6.22. The van der Waals surface area contributed by atoms with Crippen molar-refractivity contribution in [1.29, 1.82) is 0 Å². The van der Waals surface area contributed by atoms with Crippen LogP contribution in [0.3, 0.4) is 0 Å². The van der Waals surface area contributed by atoms with Crippen molar-refractivity contribution in [3.8, 4) is 17.1 Å². The Morgan fingerprint density at radius 2 is 1.68 bits per heavy atom. The summed E-state index contributed by atoms with van der Waals surface area (Å²) in [6.07, 6.45) is 0.969. The van der Waals surface area contributed by atoms with Gasteiger partial charge in [-0.3, -0.25) is 0 Å². The van der Waals surface area contributed by atoms with Gasteiger partial charge in [0.2, 0.25) is 11.0 Å². The lowest BCUT2D eigenvalue weighted by atomic mass is 10.1. The van der Waals surface area contributed by atoms with E-state index >= 15 is 0 Å². The lowest BCUT2D eigenvalue weighted by molar-refractivity contribution is -0.400. The van der Waals surface area contributed by atoms with Crippen molar-refractivity contribution >= 4 is 28.3 Å². The van der Waals surface area contributed by atoms with Gasteiger partial charge in [0.1, 0.15) is 17.1 Å². The van der Waals surface area contributed by atoms with E-state index in [1.807, 2.05) is 60.7 Å². The Balaban J connectivity index is 1.94. The molecule has 1 heterocycles. The van der Waals surface area contributed by atoms with Crippen LogP contribution in [0.4, 0.5) is 5.69 Å². The average molecular weight is 391 g/mol. The maximum Gasteiger partial charge on any atom is 0.218 e. The number of hydrogen-bond acceptors (Lipinski definition) is 2. The molecule has 0 saturated heterocycles. The highest BCUT2D eigenvalue weighted by Crippen LogP contribution is 2.24. The number of ether oxygens (including phenoxy) is 1. The van der Waals surface area contributed by atoms with Gasteiger partial charge in [0.05, 0.1) is 18.6 Å². The molecule has 0 radical (unpaired) electrons. The molecule has 28 heavy (non-hydrogen) atoms. The van der Waals surface area contributed by atoms with E-state index in [9.17, 15) is 0 Å². The number of halogens is 1. The number of fused-ring (bicyclic) bond motifs is 1. The van der Waals surface area contributed by atoms with Crippen LogP contribution in [-0.4, -0.2) is 7.11 Å². The van der Waals surface area contributed by atoms with Crippen LogP contribution in [0.5, 0.6) is 5.75 Å². The van der Waals surface area contributed by atoms with Crippen molar-refractivity contribution in [2.24, 2.45) is 0 Å². The second kappa shape index (κ2) is 7.91. The SMILES string of the molecule is CCc1ccc2oc(-c3ccc(OC)cc3)cc(=[NH+]c3ccc(Cl)cc3)c2c1. The van der Waals surface area contributed by atoms with Crippen LogP contribution in [0.15, 0.2) is 77.2 Å². The fourth-order valence-electron chi connectivity index (χ4n) is 3.14. The van der Waals surface area contributed by atoms with Crippen LogP contribution in [0, 0.1) is 0 Å². The molecule has 4 rings (SSSR count). The van der Waals surface area contributed by atoms with Crippen LogP contribution < -0.4 is 15.1 Å². The maximum atomic E-state index is 6.22. The molecule has 4 aromatic rings. The van der Waals surface area contributed by atoms with Crippen molar-refractivity contribution in [2.75, 3.05) is 7.11 Å². The van der Waals surface area contributed by atoms with E-state index in [1.165, 1.54) is 5.56 Å². The molecule has 140 valence electrons. The standard InChI is InChI=1S/C24H20ClNO2/c1-3-16-4-13-23-21(14-16)22(26-19-9-7-18(25)8-10-19)15-24(28-23)17-5-11-20(27-2)12-6-17/h4-15H,3H2,1-2H3/p+1. The van der Waals surface area contributed by atoms with Gasteiger partial charge in [-0.25, -0.2) is 4.99 Å². The van der Waals surface area contributed by atoms with E-state index in [0.717, 1.165) is 45.5 Å². The van der Waals surface area contributed by atoms with Crippen molar-refractivity contribution in [3.05, 3.63) is 88.7 Å². The molecule has 0 fully saturated rings. The molecule has 0 aliphatic carbocycles. The summed E-state index contributed by atoms with van der Waals surface area (Å²) in [5.41, 5.74) is 4.06. The van der Waals surface area contributed by atoms with E-state index in [0.29, 0.717) is 5.02 Å². The zero-order valence-electron chi connectivity index (χ0n) is 15.8. The highest BCUT2D eigenvalue weighted by molar-refractivity contribution is 6.30. The van der Waals surface area contributed by atoms with Crippen molar-refractivity contribution in [3.63, 3.8) is 0 Å². The number of aryl methyl sites for hydroxylation is 1. The smallest absolute Gasteiger partial charge is 0.218 e. The first-order chi connectivity index (χ1) is 13.7. The normalized spacial score (nSPS) is 11.8. The Hall–Kier alpha value is -3.04. The summed E-state index contributed by atoms with van der Waals surface area (Å²) in [5, 5.41) is 2.75. The van der Waals surface area contributed by atoms with E-state index in [-0.39, 0.29) is 0 Å². The first kappa shape index (κ1) is 18.3. The number of benzene rings is 3. The molecule has 3 nitrogen and oxygen atoms in total. The van der Waals surface area contributed by atoms with Gasteiger partial charge in [0.25, 0.3) is 0 Å².